The Morgan fingerprint density at radius 2 is 0.964 bits per heavy atom. The lowest BCUT2D eigenvalue weighted by atomic mass is 9.47. The molecule has 8 aromatic rings. The fraction of sp³-hybridized carbons (Fsp3) is 0.255. The molecule has 0 amide bonds. The second kappa shape index (κ2) is 12.5. The Hall–Kier alpha value is -5.94. The van der Waals surface area contributed by atoms with E-state index in [1.165, 1.54) is 22.1 Å². The van der Waals surface area contributed by atoms with Gasteiger partial charge in [0.15, 0.2) is 17.5 Å². The van der Waals surface area contributed by atoms with Gasteiger partial charge in [-0.2, -0.15) is 0 Å². The molecule has 1 aliphatic carbocycles. The first-order valence-electron chi connectivity index (χ1n) is 19.7. The summed E-state index contributed by atoms with van der Waals surface area (Å²) < 4.78 is 2.32. The Morgan fingerprint density at radius 1 is 0.446 bits per heavy atom. The van der Waals surface area contributed by atoms with Crippen LogP contribution in [0.1, 0.15) is 72.1 Å². The highest BCUT2D eigenvalue weighted by Gasteiger charge is 2.58. The van der Waals surface area contributed by atoms with Crippen LogP contribution < -0.4 is 0 Å². The van der Waals surface area contributed by atoms with Gasteiger partial charge in [-0.25, -0.2) is 15.0 Å². The second-order valence-electron chi connectivity index (χ2n) is 17.7. The fourth-order valence-corrected chi connectivity index (χ4v) is 9.41. The van der Waals surface area contributed by atoms with Gasteiger partial charge in [-0.15, -0.1) is 0 Å². The van der Waals surface area contributed by atoms with Crippen LogP contribution in [-0.2, 0) is 10.8 Å². The smallest absolute Gasteiger partial charge is 0.165 e. The Labute approximate surface area is 330 Å². The minimum atomic E-state index is -0.0619. The summed E-state index contributed by atoms with van der Waals surface area (Å²) >= 11 is 0. The topological polar surface area (TPSA) is 56.5 Å². The number of rotatable bonds is 5. The minimum Gasteiger partial charge on any atom is -0.309 e. The molecule has 0 N–H and O–H groups in total. The average molecular weight is 732 g/mol. The highest BCUT2D eigenvalue weighted by atomic mass is 15.0. The Kier molecular flexibility index (Phi) is 8.00. The molecule has 0 aliphatic heterocycles. The third-order valence-corrected chi connectivity index (χ3v) is 14.4. The molecule has 3 aromatic heterocycles. The van der Waals surface area contributed by atoms with Crippen LogP contribution in [0.15, 0.2) is 134 Å². The SMILES string of the molecule is Cc1c2cc(-c3ccc(-c4nc(-c5ccccc5)nc(-c5ccc6c(c5)c5ccccc5n6-c5ccccc5)n4)cn3)cc1C(C)(C)C(C)(C)C(C)(C)C2(C)C. The molecule has 5 heteroatoms. The monoisotopic (exact) mass is 731 g/mol. The summed E-state index contributed by atoms with van der Waals surface area (Å²) in [6.07, 6.45) is 1.92. The molecule has 3 heterocycles. The van der Waals surface area contributed by atoms with E-state index < -0.39 is 0 Å². The summed E-state index contributed by atoms with van der Waals surface area (Å²) in [7, 11) is 0. The normalized spacial score (nSPS) is 16.5. The number of benzene rings is 5. The Balaban J connectivity index is 1.17. The molecule has 56 heavy (non-hydrogen) atoms. The van der Waals surface area contributed by atoms with Crippen LogP contribution in [0.5, 0.6) is 0 Å². The van der Waals surface area contributed by atoms with E-state index in [-0.39, 0.29) is 21.7 Å². The maximum Gasteiger partial charge on any atom is 0.165 e. The van der Waals surface area contributed by atoms with Crippen molar-refractivity contribution < 1.29 is 0 Å². The number of para-hydroxylation sites is 2. The third-order valence-electron chi connectivity index (χ3n) is 14.4. The van der Waals surface area contributed by atoms with E-state index in [2.05, 4.69) is 164 Å². The number of pyridine rings is 1. The first kappa shape index (κ1) is 35.7. The van der Waals surface area contributed by atoms with Crippen molar-refractivity contribution in [1.82, 2.24) is 24.5 Å². The van der Waals surface area contributed by atoms with Crippen LogP contribution in [0.25, 0.3) is 72.9 Å². The largest absolute Gasteiger partial charge is 0.309 e. The molecule has 0 fully saturated rings. The van der Waals surface area contributed by atoms with E-state index in [0.717, 1.165) is 50.1 Å². The molecule has 0 saturated heterocycles. The Morgan fingerprint density at radius 3 is 1.57 bits per heavy atom. The molecule has 0 atom stereocenters. The van der Waals surface area contributed by atoms with Gasteiger partial charge in [0.25, 0.3) is 0 Å². The van der Waals surface area contributed by atoms with E-state index in [1.807, 2.05) is 36.5 Å². The standard InChI is InChI=1S/C51H49N5/c1-32-40-29-36(30-41(32)49(4,5)51(8,9)50(6,7)48(40,2)3)42-26-24-35(31-52-42)47-54-45(33-18-12-10-13-19-33)53-46(55-47)34-25-27-44-39(28-34)38-22-16-17-23-43(38)56(44)37-20-14-11-15-21-37/h10-31H,1-9H3. The average Bonchev–Trinajstić information content (AvgIpc) is 3.54. The van der Waals surface area contributed by atoms with E-state index >= 15 is 0 Å². The van der Waals surface area contributed by atoms with Crippen molar-refractivity contribution in [1.29, 1.82) is 0 Å². The molecule has 1 aliphatic rings. The highest BCUT2D eigenvalue weighted by Crippen LogP contribution is 2.64. The van der Waals surface area contributed by atoms with E-state index in [0.29, 0.717) is 17.5 Å². The van der Waals surface area contributed by atoms with E-state index in [1.54, 1.807) is 0 Å². The maximum absolute atomic E-state index is 5.13. The summed E-state index contributed by atoms with van der Waals surface area (Å²) in [5.74, 6) is 1.84. The van der Waals surface area contributed by atoms with Gasteiger partial charge in [-0.3, -0.25) is 4.98 Å². The molecule has 0 unspecified atom stereocenters. The van der Waals surface area contributed by atoms with Crippen LogP contribution in [0.4, 0.5) is 0 Å². The number of hydrogen-bond donors (Lipinski definition) is 0. The summed E-state index contributed by atoms with van der Waals surface area (Å²) in [5.41, 5.74) is 12.3. The zero-order valence-electron chi connectivity index (χ0n) is 33.9. The third kappa shape index (κ3) is 5.20. The van der Waals surface area contributed by atoms with Crippen LogP contribution >= 0.6 is 0 Å². The van der Waals surface area contributed by atoms with Crippen molar-refractivity contribution in [2.45, 2.75) is 73.1 Å². The van der Waals surface area contributed by atoms with E-state index in [4.69, 9.17) is 19.9 Å². The Bertz CT molecular complexity index is 2740. The summed E-state index contributed by atoms with van der Waals surface area (Å²) in [5, 5.41) is 2.33. The zero-order chi connectivity index (χ0) is 39.2. The number of aromatic nitrogens is 5. The van der Waals surface area contributed by atoms with Gasteiger partial charge in [-0.1, -0.05) is 122 Å². The van der Waals surface area contributed by atoms with Gasteiger partial charge in [0.1, 0.15) is 0 Å². The van der Waals surface area contributed by atoms with E-state index in [9.17, 15) is 0 Å². The highest BCUT2D eigenvalue weighted by molar-refractivity contribution is 6.10. The van der Waals surface area contributed by atoms with Crippen LogP contribution in [0, 0.1) is 17.8 Å². The summed E-state index contributed by atoms with van der Waals surface area (Å²) in [4.78, 5) is 20.3. The van der Waals surface area contributed by atoms with Gasteiger partial charge in [0.2, 0.25) is 0 Å². The minimum absolute atomic E-state index is 0.0231. The van der Waals surface area contributed by atoms with Crippen LogP contribution in [-0.4, -0.2) is 24.5 Å². The van der Waals surface area contributed by atoms with Crippen molar-refractivity contribution in [3.8, 4) is 51.1 Å². The van der Waals surface area contributed by atoms with Crippen LogP contribution in [0.2, 0.25) is 0 Å². The summed E-state index contributed by atoms with van der Waals surface area (Å²) in [6, 6.07) is 44.8. The van der Waals surface area contributed by atoms with Gasteiger partial charge >= 0.3 is 0 Å². The lowest BCUT2D eigenvalue weighted by Gasteiger charge is -2.57. The number of hydrogen-bond acceptors (Lipinski definition) is 4. The molecule has 0 spiro atoms. The molecular formula is C51H49N5. The number of fused-ring (bicyclic) bond motifs is 5. The van der Waals surface area contributed by atoms with Gasteiger partial charge in [0, 0.05) is 44.9 Å². The molecule has 0 saturated carbocycles. The van der Waals surface area contributed by atoms with Crippen molar-refractivity contribution in [3.05, 3.63) is 150 Å². The molecule has 2 bridgehead atoms. The van der Waals surface area contributed by atoms with Gasteiger partial charge < -0.3 is 4.57 Å². The number of nitrogens with zero attached hydrogens (tertiary/aromatic N) is 5. The van der Waals surface area contributed by atoms with Crippen LogP contribution in [0.3, 0.4) is 0 Å². The van der Waals surface area contributed by atoms with Crippen molar-refractivity contribution in [2.75, 3.05) is 0 Å². The first-order valence-corrected chi connectivity index (χ1v) is 19.7. The van der Waals surface area contributed by atoms with Crippen molar-refractivity contribution in [2.24, 2.45) is 10.8 Å². The fourth-order valence-electron chi connectivity index (χ4n) is 9.41. The predicted molar refractivity (Wildman–Crippen MR) is 232 cm³/mol. The van der Waals surface area contributed by atoms with Crippen molar-refractivity contribution in [3.63, 3.8) is 0 Å². The molecule has 5 aromatic carbocycles. The lowest BCUT2D eigenvalue weighted by molar-refractivity contribution is -0.0211. The van der Waals surface area contributed by atoms with Gasteiger partial charge in [0.05, 0.1) is 16.7 Å². The molecule has 5 nitrogen and oxygen atoms in total. The quantitative estimate of drug-likeness (QED) is 0.177. The van der Waals surface area contributed by atoms with Crippen molar-refractivity contribution >= 4 is 21.8 Å². The molecule has 0 radical (unpaired) electrons. The maximum atomic E-state index is 5.13. The predicted octanol–water partition coefficient (Wildman–Crippen LogP) is 13.0. The van der Waals surface area contributed by atoms with Gasteiger partial charge in [-0.05, 0) is 106 Å². The molecular weight excluding hydrogens is 683 g/mol. The second-order valence-corrected chi connectivity index (χ2v) is 17.7. The zero-order valence-corrected chi connectivity index (χ0v) is 33.9. The molecule has 278 valence electrons. The summed E-state index contributed by atoms with van der Waals surface area (Å²) in [6.45, 7) is 21.8. The lowest BCUT2D eigenvalue weighted by Crippen LogP contribution is -2.53. The first-order chi connectivity index (χ1) is 26.7. The molecule has 9 rings (SSSR count).